The summed E-state index contributed by atoms with van der Waals surface area (Å²) in [6, 6.07) is 16.2. The van der Waals surface area contributed by atoms with Gasteiger partial charge in [0.15, 0.2) is 0 Å². The number of hydrogen-bond acceptors (Lipinski definition) is 5. The van der Waals surface area contributed by atoms with Crippen LogP contribution < -0.4 is 10.6 Å². The Labute approximate surface area is 174 Å². The number of para-hydroxylation sites is 1. The zero-order valence-electron chi connectivity index (χ0n) is 16.5. The molecule has 0 unspecified atom stereocenters. The monoisotopic (exact) mass is 405 g/mol. The van der Waals surface area contributed by atoms with Crippen molar-refractivity contribution in [3.63, 3.8) is 0 Å². The lowest BCUT2D eigenvalue weighted by atomic mass is 9.76. The molecular formula is C23H23N3O4. The van der Waals surface area contributed by atoms with Gasteiger partial charge in [-0.2, -0.15) is 0 Å². The fourth-order valence-electron chi connectivity index (χ4n) is 5.27. The Kier molecular flexibility index (Phi) is 4.27. The molecule has 2 saturated heterocycles. The van der Waals surface area contributed by atoms with E-state index in [0.29, 0.717) is 17.7 Å². The van der Waals surface area contributed by atoms with Crippen molar-refractivity contribution in [2.45, 2.75) is 31.0 Å². The molecule has 0 saturated carbocycles. The van der Waals surface area contributed by atoms with Gasteiger partial charge in [-0.15, -0.1) is 0 Å². The smallest absolute Gasteiger partial charge is 0.250 e. The van der Waals surface area contributed by atoms with Crippen LogP contribution in [0.15, 0.2) is 54.6 Å². The third kappa shape index (κ3) is 2.49. The summed E-state index contributed by atoms with van der Waals surface area (Å²) in [5, 5.41) is 16.4. The normalized spacial score (nSPS) is 30.5. The van der Waals surface area contributed by atoms with E-state index in [0.717, 1.165) is 5.56 Å². The van der Waals surface area contributed by atoms with Gasteiger partial charge in [-0.05, 0) is 25.0 Å². The van der Waals surface area contributed by atoms with E-state index < -0.39 is 29.5 Å². The number of nitrogens with one attached hydrogen (secondary N) is 2. The molecule has 2 fully saturated rings. The number of fused-ring (bicyclic) bond motifs is 4. The van der Waals surface area contributed by atoms with Crippen molar-refractivity contribution in [1.29, 1.82) is 0 Å². The maximum atomic E-state index is 13.5. The van der Waals surface area contributed by atoms with Crippen molar-refractivity contribution < 1.29 is 19.5 Å². The molecule has 5 rings (SSSR count). The van der Waals surface area contributed by atoms with Crippen LogP contribution in [-0.2, 0) is 26.3 Å². The van der Waals surface area contributed by atoms with Gasteiger partial charge in [0, 0.05) is 23.8 Å². The summed E-state index contributed by atoms with van der Waals surface area (Å²) in [4.78, 5) is 41.3. The molecule has 3 N–H and O–H groups in total. The second-order valence-corrected chi connectivity index (χ2v) is 8.29. The molecule has 7 heteroatoms. The van der Waals surface area contributed by atoms with Crippen molar-refractivity contribution in [2.75, 3.05) is 11.9 Å². The summed E-state index contributed by atoms with van der Waals surface area (Å²) in [7, 11) is 0. The molecule has 5 atom stereocenters. The number of rotatable bonds is 4. The minimum absolute atomic E-state index is 0.251. The van der Waals surface area contributed by atoms with E-state index in [1.165, 1.54) is 4.90 Å². The lowest BCUT2D eigenvalue weighted by Gasteiger charge is -2.30. The Hall–Kier alpha value is -3.03. The predicted octanol–water partition coefficient (Wildman–Crippen LogP) is 1.03. The van der Waals surface area contributed by atoms with Gasteiger partial charge < -0.3 is 10.4 Å². The van der Waals surface area contributed by atoms with Crippen LogP contribution >= 0.6 is 0 Å². The van der Waals surface area contributed by atoms with Gasteiger partial charge >= 0.3 is 0 Å². The van der Waals surface area contributed by atoms with Gasteiger partial charge in [0.25, 0.3) is 0 Å². The zero-order chi connectivity index (χ0) is 21.0. The van der Waals surface area contributed by atoms with Gasteiger partial charge in [-0.3, -0.25) is 24.6 Å². The van der Waals surface area contributed by atoms with Gasteiger partial charge in [0.2, 0.25) is 17.7 Å². The topological polar surface area (TPSA) is 98.7 Å². The molecule has 30 heavy (non-hydrogen) atoms. The number of amides is 3. The summed E-state index contributed by atoms with van der Waals surface area (Å²) in [5.41, 5.74) is 0.957. The number of nitrogens with zero attached hydrogens (tertiary/aromatic N) is 1. The first-order chi connectivity index (χ1) is 14.4. The zero-order valence-corrected chi connectivity index (χ0v) is 16.5. The minimum atomic E-state index is -1.35. The minimum Gasteiger partial charge on any atom is -0.392 e. The first kappa shape index (κ1) is 19.0. The van der Waals surface area contributed by atoms with Crippen LogP contribution in [0.5, 0.6) is 0 Å². The molecule has 3 aliphatic heterocycles. The fourth-order valence-corrected chi connectivity index (χ4v) is 5.27. The second kappa shape index (κ2) is 6.75. The number of anilines is 1. The first-order valence-corrected chi connectivity index (χ1v) is 10.2. The highest BCUT2D eigenvalue weighted by molar-refractivity contribution is 6.15. The number of aliphatic hydroxyl groups is 1. The molecule has 3 amide bonds. The molecule has 7 nitrogen and oxygen atoms in total. The Morgan fingerprint density at radius 3 is 2.47 bits per heavy atom. The van der Waals surface area contributed by atoms with E-state index in [9.17, 15) is 19.5 Å². The highest BCUT2D eigenvalue weighted by Gasteiger charge is 2.70. The summed E-state index contributed by atoms with van der Waals surface area (Å²) in [6.07, 6.45) is -0.358. The molecular weight excluding hydrogens is 382 g/mol. The summed E-state index contributed by atoms with van der Waals surface area (Å²) >= 11 is 0. The first-order valence-electron chi connectivity index (χ1n) is 10.2. The van der Waals surface area contributed by atoms with Crippen LogP contribution in [0.2, 0.25) is 0 Å². The van der Waals surface area contributed by atoms with Gasteiger partial charge in [-0.1, -0.05) is 48.5 Å². The highest BCUT2D eigenvalue weighted by atomic mass is 16.3. The molecule has 3 aliphatic rings. The molecule has 1 spiro atoms. The molecule has 2 aromatic rings. The molecule has 154 valence electrons. The maximum Gasteiger partial charge on any atom is 0.250 e. The standard InChI is InChI=1S/C23H23N3O4/c1-13(27)19-17-18(23(25-19)15-9-5-6-10-16(15)24-22(23)30)21(29)26(20(17)28)12-11-14-7-3-2-4-8-14/h2-10,13,17-19,25,27H,11-12H2,1H3,(H,24,30)/t13-,17-,18-,19-,23+/m0/s1. The number of aliphatic hydroxyl groups excluding tert-OH is 1. The van der Waals surface area contributed by atoms with Crippen LogP contribution in [0.1, 0.15) is 18.1 Å². The van der Waals surface area contributed by atoms with Crippen LogP contribution in [0.25, 0.3) is 0 Å². The maximum absolute atomic E-state index is 13.5. The molecule has 3 heterocycles. The van der Waals surface area contributed by atoms with Crippen molar-refractivity contribution in [3.05, 3.63) is 65.7 Å². The number of likely N-dealkylation sites (tertiary alicyclic amines) is 1. The average Bonchev–Trinajstić information content (AvgIpc) is 3.33. The van der Waals surface area contributed by atoms with Crippen LogP contribution in [-0.4, -0.2) is 46.4 Å². The third-order valence-corrected chi connectivity index (χ3v) is 6.64. The summed E-state index contributed by atoms with van der Waals surface area (Å²) in [5.74, 6) is -2.71. The van der Waals surface area contributed by atoms with Crippen LogP contribution in [0.4, 0.5) is 5.69 Å². The average molecular weight is 405 g/mol. The Morgan fingerprint density at radius 2 is 1.73 bits per heavy atom. The van der Waals surface area contributed by atoms with E-state index in [2.05, 4.69) is 10.6 Å². The Bertz CT molecular complexity index is 1040. The van der Waals surface area contributed by atoms with Crippen molar-refractivity contribution in [1.82, 2.24) is 10.2 Å². The van der Waals surface area contributed by atoms with Crippen molar-refractivity contribution in [3.8, 4) is 0 Å². The van der Waals surface area contributed by atoms with Gasteiger partial charge in [0.05, 0.1) is 17.9 Å². The van der Waals surface area contributed by atoms with Crippen LogP contribution in [0.3, 0.4) is 0 Å². The van der Waals surface area contributed by atoms with Crippen molar-refractivity contribution in [2.24, 2.45) is 11.8 Å². The number of imide groups is 1. The summed E-state index contributed by atoms with van der Waals surface area (Å²) in [6.45, 7) is 1.83. The highest BCUT2D eigenvalue weighted by Crippen LogP contribution is 2.53. The molecule has 2 aromatic carbocycles. The Balaban J connectivity index is 1.54. The van der Waals surface area contributed by atoms with E-state index in [1.807, 2.05) is 42.5 Å². The van der Waals surface area contributed by atoms with E-state index in [1.54, 1.807) is 19.1 Å². The van der Waals surface area contributed by atoms with Crippen LogP contribution in [0, 0.1) is 11.8 Å². The second-order valence-electron chi connectivity index (χ2n) is 8.29. The summed E-state index contributed by atoms with van der Waals surface area (Å²) < 4.78 is 0. The van der Waals surface area contributed by atoms with Gasteiger partial charge in [0.1, 0.15) is 5.54 Å². The number of benzene rings is 2. The van der Waals surface area contributed by atoms with E-state index >= 15 is 0 Å². The fraction of sp³-hybridized carbons (Fsp3) is 0.348. The van der Waals surface area contributed by atoms with E-state index in [4.69, 9.17) is 0 Å². The molecule has 0 aromatic heterocycles. The number of hydrogen-bond donors (Lipinski definition) is 3. The lowest BCUT2D eigenvalue weighted by molar-refractivity contribution is -0.143. The molecule has 0 aliphatic carbocycles. The van der Waals surface area contributed by atoms with Crippen molar-refractivity contribution >= 4 is 23.4 Å². The molecule has 0 bridgehead atoms. The van der Waals surface area contributed by atoms with E-state index in [-0.39, 0.29) is 24.3 Å². The predicted molar refractivity (Wildman–Crippen MR) is 109 cm³/mol. The quantitative estimate of drug-likeness (QED) is 0.660. The van der Waals surface area contributed by atoms with Gasteiger partial charge in [-0.25, -0.2) is 0 Å². The largest absolute Gasteiger partial charge is 0.392 e. The lowest BCUT2D eigenvalue weighted by Crippen LogP contribution is -2.54. The Morgan fingerprint density at radius 1 is 1.03 bits per heavy atom. The number of carbonyl (C=O) groups is 3. The molecule has 0 radical (unpaired) electrons. The SMILES string of the molecule is C[C@H](O)[C@@H]1N[C@@]2(C(=O)Nc3ccccc32)[C@@H]2C(=O)N(CCc3ccccc3)C(=O)[C@H]12. The third-order valence-electron chi connectivity index (χ3n) is 6.64. The number of carbonyl (C=O) groups excluding carboxylic acids is 3.